The zero-order valence-electron chi connectivity index (χ0n) is 10.7. The fourth-order valence-corrected chi connectivity index (χ4v) is 3.38. The Morgan fingerprint density at radius 2 is 2.00 bits per heavy atom. The number of hydrogen-bond acceptors (Lipinski definition) is 3. The number of ketones is 1. The number of nitrogens with zero attached hydrogens (tertiary/aromatic N) is 1. The molecule has 0 unspecified atom stereocenters. The summed E-state index contributed by atoms with van der Waals surface area (Å²) in [6, 6.07) is 5.54. The van der Waals surface area contributed by atoms with Crippen molar-refractivity contribution >= 4 is 17.1 Å². The van der Waals surface area contributed by atoms with Gasteiger partial charge in [-0.25, -0.2) is 8.78 Å². The van der Waals surface area contributed by atoms with Crippen LogP contribution in [0.2, 0.25) is 0 Å². The summed E-state index contributed by atoms with van der Waals surface area (Å²) in [4.78, 5) is 15.4. The first-order valence-corrected chi connectivity index (χ1v) is 7.28. The summed E-state index contributed by atoms with van der Waals surface area (Å²) in [5, 5.41) is 2.03. The van der Waals surface area contributed by atoms with Crippen molar-refractivity contribution in [2.45, 2.75) is 13.0 Å². The Kier molecular flexibility index (Phi) is 3.63. The van der Waals surface area contributed by atoms with Gasteiger partial charge in [0.15, 0.2) is 5.78 Å². The van der Waals surface area contributed by atoms with Crippen molar-refractivity contribution in [3.05, 3.63) is 57.3 Å². The lowest BCUT2D eigenvalue weighted by molar-refractivity contribution is 0.0913. The van der Waals surface area contributed by atoms with Gasteiger partial charge in [0.1, 0.15) is 11.6 Å². The molecule has 2 nitrogen and oxygen atoms in total. The molecule has 1 aromatic carbocycles. The maximum Gasteiger partial charge on any atom is 0.182 e. The third-order valence-electron chi connectivity index (χ3n) is 3.50. The molecule has 0 radical (unpaired) electrons. The summed E-state index contributed by atoms with van der Waals surface area (Å²) in [6.07, 6.45) is 0.889. The molecule has 0 saturated carbocycles. The average molecular weight is 293 g/mol. The number of carbonyl (C=O) groups is 1. The van der Waals surface area contributed by atoms with Crippen LogP contribution in [-0.2, 0) is 13.0 Å². The number of benzene rings is 1. The molecule has 2 aromatic rings. The molecule has 0 saturated heterocycles. The molecule has 0 amide bonds. The van der Waals surface area contributed by atoms with Gasteiger partial charge in [-0.15, -0.1) is 11.3 Å². The fraction of sp³-hybridized carbons (Fsp3) is 0.267. The predicted octanol–water partition coefficient (Wildman–Crippen LogP) is 3.27. The maximum atomic E-state index is 13.6. The van der Waals surface area contributed by atoms with Crippen LogP contribution in [0.15, 0.2) is 29.6 Å². The van der Waals surface area contributed by atoms with E-state index in [0.717, 1.165) is 25.1 Å². The van der Waals surface area contributed by atoms with Gasteiger partial charge < -0.3 is 0 Å². The zero-order valence-corrected chi connectivity index (χ0v) is 11.6. The summed E-state index contributed by atoms with van der Waals surface area (Å²) in [5.41, 5.74) is 0.784. The standard InChI is InChI=1S/C15H13F2NOS/c16-11-2-1-3-12(17)15(11)13(19)9-18-6-4-14-10(8-18)5-7-20-14/h1-3,5,7H,4,6,8-9H2. The van der Waals surface area contributed by atoms with Crippen LogP contribution in [-0.4, -0.2) is 23.8 Å². The fourth-order valence-electron chi connectivity index (χ4n) is 2.49. The number of Topliss-reactive ketones (excluding diaryl/α,β-unsaturated/α-hetero) is 1. The van der Waals surface area contributed by atoms with Crippen LogP contribution < -0.4 is 0 Å². The quantitative estimate of drug-likeness (QED) is 0.810. The second-order valence-electron chi connectivity index (χ2n) is 4.85. The van der Waals surface area contributed by atoms with E-state index in [-0.39, 0.29) is 6.54 Å². The molecule has 20 heavy (non-hydrogen) atoms. The first-order chi connectivity index (χ1) is 9.65. The van der Waals surface area contributed by atoms with Gasteiger partial charge in [0.25, 0.3) is 0 Å². The predicted molar refractivity (Wildman–Crippen MR) is 74.0 cm³/mol. The molecule has 1 aliphatic rings. The summed E-state index contributed by atoms with van der Waals surface area (Å²) >= 11 is 1.72. The van der Waals surface area contributed by atoms with Gasteiger partial charge in [0.05, 0.1) is 12.1 Å². The molecule has 5 heteroatoms. The third-order valence-corrected chi connectivity index (χ3v) is 4.52. The van der Waals surface area contributed by atoms with E-state index < -0.39 is 23.0 Å². The molecule has 0 spiro atoms. The van der Waals surface area contributed by atoms with Gasteiger partial charge in [-0.2, -0.15) is 0 Å². The van der Waals surface area contributed by atoms with Crippen molar-refractivity contribution in [3.63, 3.8) is 0 Å². The van der Waals surface area contributed by atoms with E-state index in [9.17, 15) is 13.6 Å². The largest absolute Gasteiger partial charge is 0.292 e. The highest BCUT2D eigenvalue weighted by Crippen LogP contribution is 2.24. The lowest BCUT2D eigenvalue weighted by atomic mass is 10.1. The summed E-state index contributed by atoms with van der Waals surface area (Å²) in [7, 11) is 0. The summed E-state index contributed by atoms with van der Waals surface area (Å²) < 4.78 is 27.1. The SMILES string of the molecule is O=C(CN1CCc2sccc2C1)c1c(F)cccc1F. The molecular weight excluding hydrogens is 280 g/mol. The van der Waals surface area contributed by atoms with Crippen LogP contribution in [0.5, 0.6) is 0 Å². The van der Waals surface area contributed by atoms with Crippen molar-refractivity contribution in [1.29, 1.82) is 0 Å². The molecule has 0 fully saturated rings. The minimum absolute atomic E-state index is 0.0487. The van der Waals surface area contributed by atoms with Crippen molar-refractivity contribution in [3.8, 4) is 0 Å². The molecule has 1 aromatic heterocycles. The van der Waals surface area contributed by atoms with Crippen LogP contribution >= 0.6 is 11.3 Å². The minimum atomic E-state index is -0.789. The molecule has 104 valence electrons. The molecule has 2 heterocycles. The smallest absolute Gasteiger partial charge is 0.182 e. The number of carbonyl (C=O) groups excluding carboxylic acids is 1. The summed E-state index contributed by atoms with van der Waals surface area (Å²) in [5.74, 6) is -2.08. The van der Waals surface area contributed by atoms with E-state index in [1.54, 1.807) is 11.3 Å². The monoisotopic (exact) mass is 293 g/mol. The Bertz CT molecular complexity index is 633. The van der Waals surface area contributed by atoms with Gasteiger partial charge in [-0.1, -0.05) is 6.07 Å². The number of halogens is 2. The van der Waals surface area contributed by atoms with Gasteiger partial charge in [0.2, 0.25) is 0 Å². The van der Waals surface area contributed by atoms with Crippen LogP contribution in [0.3, 0.4) is 0 Å². The van der Waals surface area contributed by atoms with Crippen LogP contribution in [0.1, 0.15) is 20.8 Å². The van der Waals surface area contributed by atoms with Crippen LogP contribution in [0, 0.1) is 11.6 Å². The lowest BCUT2D eigenvalue weighted by Crippen LogP contribution is -2.34. The van der Waals surface area contributed by atoms with Crippen LogP contribution in [0.4, 0.5) is 8.78 Å². The van der Waals surface area contributed by atoms with E-state index in [4.69, 9.17) is 0 Å². The minimum Gasteiger partial charge on any atom is -0.292 e. The van der Waals surface area contributed by atoms with Gasteiger partial charge in [0, 0.05) is 18.0 Å². The van der Waals surface area contributed by atoms with Gasteiger partial charge in [-0.05, 0) is 35.6 Å². The Morgan fingerprint density at radius 1 is 1.25 bits per heavy atom. The first kappa shape index (κ1) is 13.4. The first-order valence-electron chi connectivity index (χ1n) is 6.40. The summed E-state index contributed by atoms with van der Waals surface area (Å²) in [6.45, 7) is 1.46. The zero-order chi connectivity index (χ0) is 14.1. The molecular formula is C15H13F2NOS. The highest BCUT2D eigenvalue weighted by Gasteiger charge is 2.23. The van der Waals surface area contributed by atoms with Gasteiger partial charge >= 0.3 is 0 Å². The second kappa shape index (κ2) is 5.42. The molecule has 0 N–H and O–H groups in total. The lowest BCUT2D eigenvalue weighted by Gasteiger charge is -2.26. The molecule has 0 atom stereocenters. The highest BCUT2D eigenvalue weighted by atomic mass is 32.1. The van der Waals surface area contributed by atoms with E-state index in [2.05, 4.69) is 0 Å². The normalized spacial score (nSPS) is 15.1. The second-order valence-corrected chi connectivity index (χ2v) is 5.85. The average Bonchev–Trinajstić information content (AvgIpc) is 2.85. The Balaban J connectivity index is 1.74. The Morgan fingerprint density at radius 3 is 2.75 bits per heavy atom. The number of fused-ring (bicyclic) bond motifs is 1. The number of thiophene rings is 1. The van der Waals surface area contributed by atoms with E-state index in [1.807, 2.05) is 16.3 Å². The molecule has 0 aliphatic carbocycles. The highest BCUT2D eigenvalue weighted by molar-refractivity contribution is 7.10. The van der Waals surface area contributed by atoms with E-state index in [0.29, 0.717) is 6.54 Å². The van der Waals surface area contributed by atoms with Gasteiger partial charge in [-0.3, -0.25) is 9.69 Å². The molecule has 0 bridgehead atoms. The van der Waals surface area contributed by atoms with E-state index in [1.165, 1.54) is 16.5 Å². The number of hydrogen-bond donors (Lipinski definition) is 0. The number of rotatable bonds is 3. The molecule has 1 aliphatic heterocycles. The van der Waals surface area contributed by atoms with Crippen LogP contribution in [0.25, 0.3) is 0 Å². The van der Waals surface area contributed by atoms with Crippen molar-refractivity contribution in [1.82, 2.24) is 4.90 Å². The molecule has 3 rings (SSSR count). The Hall–Kier alpha value is -1.59. The third kappa shape index (κ3) is 2.51. The van der Waals surface area contributed by atoms with Crippen molar-refractivity contribution < 1.29 is 13.6 Å². The topological polar surface area (TPSA) is 20.3 Å². The Labute approximate surface area is 119 Å². The van der Waals surface area contributed by atoms with Crippen molar-refractivity contribution in [2.24, 2.45) is 0 Å². The maximum absolute atomic E-state index is 13.6. The van der Waals surface area contributed by atoms with Crippen molar-refractivity contribution in [2.75, 3.05) is 13.1 Å². The van der Waals surface area contributed by atoms with E-state index >= 15 is 0 Å².